The summed E-state index contributed by atoms with van der Waals surface area (Å²) >= 11 is 10.8. The molecule has 0 saturated heterocycles. The molecule has 2 aromatic rings. The Morgan fingerprint density at radius 3 is 1.68 bits per heavy atom. The number of benzene rings is 2. The van der Waals surface area contributed by atoms with E-state index in [9.17, 15) is 4.79 Å². The van der Waals surface area contributed by atoms with E-state index in [0.29, 0.717) is 11.4 Å². The van der Waals surface area contributed by atoms with Gasteiger partial charge in [-0.3, -0.25) is 4.79 Å². The first-order valence-corrected chi connectivity index (χ1v) is 6.82. The van der Waals surface area contributed by atoms with Crippen LogP contribution in [0.4, 0.5) is 0 Å². The van der Waals surface area contributed by atoms with Crippen LogP contribution in [0, 0.1) is 13.8 Å². The lowest BCUT2D eigenvalue weighted by Crippen LogP contribution is -1.86. The fourth-order valence-corrected chi connectivity index (χ4v) is 1.67. The van der Waals surface area contributed by atoms with Crippen molar-refractivity contribution in [2.75, 3.05) is 0 Å². The van der Waals surface area contributed by atoms with Gasteiger partial charge < -0.3 is 0 Å². The molecule has 2 aromatic carbocycles. The van der Waals surface area contributed by atoms with Crippen molar-refractivity contribution in [2.24, 2.45) is 0 Å². The molecule has 19 heavy (non-hydrogen) atoms. The molecule has 0 bridgehead atoms. The highest BCUT2D eigenvalue weighted by Crippen LogP contribution is 2.05. The number of halogens is 2. The van der Waals surface area contributed by atoms with Crippen molar-refractivity contribution in [2.45, 2.75) is 19.7 Å². The van der Waals surface area contributed by atoms with Crippen LogP contribution in [0.2, 0.25) is 0 Å². The molecule has 0 atom stereocenters. The van der Waals surface area contributed by atoms with E-state index in [1.54, 1.807) is 12.1 Å². The van der Waals surface area contributed by atoms with Crippen LogP contribution in [0.5, 0.6) is 0 Å². The Balaban J connectivity index is 0.000000191. The fraction of sp³-hybridized carbons (Fsp3) is 0.188. The topological polar surface area (TPSA) is 17.1 Å². The van der Waals surface area contributed by atoms with E-state index >= 15 is 0 Å². The molecular formula is C16H16Cl2O. The highest BCUT2D eigenvalue weighted by atomic mass is 35.5. The molecule has 0 saturated carbocycles. The third-order valence-electron chi connectivity index (χ3n) is 2.55. The lowest BCUT2D eigenvalue weighted by atomic mass is 10.2. The van der Waals surface area contributed by atoms with E-state index in [4.69, 9.17) is 23.2 Å². The Labute approximate surface area is 124 Å². The molecule has 0 aliphatic carbocycles. The molecule has 0 radical (unpaired) electrons. The summed E-state index contributed by atoms with van der Waals surface area (Å²) in [5.74, 6) is 0.611. The van der Waals surface area contributed by atoms with Crippen molar-refractivity contribution in [3.8, 4) is 0 Å². The van der Waals surface area contributed by atoms with Crippen LogP contribution >= 0.6 is 23.2 Å². The minimum atomic E-state index is -0.403. The first-order valence-electron chi connectivity index (χ1n) is 5.91. The maximum Gasteiger partial charge on any atom is 0.252 e. The smallest absolute Gasteiger partial charge is 0.252 e. The van der Waals surface area contributed by atoms with E-state index in [2.05, 4.69) is 19.1 Å². The molecule has 0 aliphatic heterocycles. The van der Waals surface area contributed by atoms with Crippen LogP contribution < -0.4 is 0 Å². The molecule has 3 heteroatoms. The zero-order chi connectivity index (χ0) is 14.3. The molecule has 0 fully saturated rings. The molecule has 0 amide bonds. The summed E-state index contributed by atoms with van der Waals surface area (Å²) < 4.78 is 0. The van der Waals surface area contributed by atoms with Gasteiger partial charge in [0, 0.05) is 11.4 Å². The van der Waals surface area contributed by atoms with Gasteiger partial charge in [-0.1, -0.05) is 47.5 Å². The van der Waals surface area contributed by atoms with Gasteiger partial charge in [-0.25, -0.2) is 0 Å². The summed E-state index contributed by atoms with van der Waals surface area (Å²) in [6.07, 6.45) is 0. The van der Waals surface area contributed by atoms with Crippen LogP contribution in [0.3, 0.4) is 0 Å². The van der Waals surface area contributed by atoms with Gasteiger partial charge in [0.2, 0.25) is 0 Å². The van der Waals surface area contributed by atoms with Gasteiger partial charge in [-0.05, 0) is 43.1 Å². The average molecular weight is 295 g/mol. The van der Waals surface area contributed by atoms with Crippen LogP contribution in [0.15, 0.2) is 48.5 Å². The summed E-state index contributed by atoms with van der Waals surface area (Å²) in [4.78, 5) is 10.5. The van der Waals surface area contributed by atoms with Crippen LogP contribution in [0.25, 0.3) is 0 Å². The Morgan fingerprint density at radius 1 is 0.895 bits per heavy atom. The van der Waals surface area contributed by atoms with Gasteiger partial charge in [-0.15, -0.1) is 11.6 Å². The normalized spacial score (nSPS) is 9.47. The molecule has 0 heterocycles. The second-order valence-corrected chi connectivity index (χ2v) is 4.87. The van der Waals surface area contributed by atoms with Crippen molar-refractivity contribution in [3.05, 3.63) is 70.8 Å². The number of carbonyl (C=O) groups excluding carboxylic acids is 1. The van der Waals surface area contributed by atoms with E-state index in [1.807, 2.05) is 31.2 Å². The van der Waals surface area contributed by atoms with Gasteiger partial charge in [-0.2, -0.15) is 0 Å². The van der Waals surface area contributed by atoms with Crippen molar-refractivity contribution in [1.29, 1.82) is 0 Å². The van der Waals surface area contributed by atoms with Crippen LogP contribution in [0.1, 0.15) is 27.0 Å². The Bertz CT molecular complexity index is 515. The van der Waals surface area contributed by atoms with Crippen LogP contribution in [-0.4, -0.2) is 5.24 Å². The molecule has 100 valence electrons. The number of rotatable bonds is 2. The van der Waals surface area contributed by atoms with Gasteiger partial charge in [0.25, 0.3) is 5.24 Å². The Kier molecular flexibility index (Phi) is 6.61. The van der Waals surface area contributed by atoms with Crippen molar-refractivity contribution < 1.29 is 4.79 Å². The van der Waals surface area contributed by atoms with Crippen LogP contribution in [-0.2, 0) is 5.88 Å². The second kappa shape index (κ2) is 7.98. The summed E-state index contributed by atoms with van der Waals surface area (Å²) in [6.45, 7) is 4.03. The van der Waals surface area contributed by atoms with Crippen molar-refractivity contribution in [3.63, 3.8) is 0 Å². The number of carbonyl (C=O) groups is 1. The van der Waals surface area contributed by atoms with E-state index in [0.717, 1.165) is 5.56 Å². The molecule has 0 N–H and O–H groups in total. The SMILES string of the molecule is Cc1ccc(C(=O)Cl)cc1.Cc1ccc(CCl)cc1. The standard InChI is InChI=1S/C8H7ClO.C8H9Cl/c1-6-2-4-7(5-3-6)8(9)10;1-7-2-4-8(6-9)5-3-7/h2-5H,1H3;2-5H,6H2,1H3. The maximum atomic E-state index is 10.5. The van der Waals surface area contributed by atoms with Gasteiger partial charge in [0.05, 0.1) is 0 Å². The predicted octanol–water partition coefficient (Wildman–Crippen LogP) is 5.11. The number of hydrogen-bond donors (Lipinski definition) is 0. The van der Waals surface area contributed by atoms with Gasteiger partial charge in [0.1, 0.15) is 0 Å². The first-order chi connectivity index (χ1) is 9.02. The van der Waals surface area contributed by atoms with Gasteiger partial charge in [0.15, 0.2) is 0 Å². The molecule has 2 rings (SSSR count). The first kappa shape index (κ1) is 15.7. The maximum absolute atomic E-state index is 10.5. The third-order valence-corrected chi connectivity index (χ3v) is 3.08. The Hall–Kier alpha value is -1.31. The van der Waals surface area contributed by atoms with E-state index < -0.39 is 5.24 Å². The second-order valence-electron chi connectivity index (χ2n) is 4.26. The Morgan fingerprint density at radius 2 is 1.32 bits per heavy atom. The molecular weight excluding hydrogens is 279 g/mol. The van der Waals surface area contributed by atoms with Gasteiger partial charge >= 0.3 is 0 Å². The minimum Gasteiger partial charge on any atom is -0.276 e. The fourth-order valence-electron chi connectivity index (χ4n) is 1.36. The van der Waals surface area contributed by atoms with E-state index in [1.165, 1.54) is 11.1 Å². The summed E-state index contributed by atoms with van der Waals surface area (Å²) in [5, 5.41) is -0.403. The predicted molar refractivity (Wildman–Crippen MR) is 82.1 cm³/mol. The zero-order valence-electron chi connectivity index (χ0n) is 11.0. The van der Waals surface area contributed by atoms with Crippen molar-refractivity contribution in [1.82, 2.24) is 0 Å². The quantitative estimate of drug-likeness (QED) is 0.556. The largest absolute Gasteiger partial charge is 0.276 e. The van der Waals surface area contributed by atoms with Crippen molar-refractivity contribution >= 4 is 28.4 Å². The molecule has 0 unspecified atom stereocenters. The zero-order valence-corrected chi connectivity index (χ0v) is 12.5. The molecule has 0 aromatic heterocycles. The summed E-state index contributed by atoms with van der Waals surface area (Å²) in [5.41, 5.74) is 4.14. The number of aryl methyl sites for hydroxylation is 2. The lowest BCUT2D eigenvalue weighted by molar-refractivity contribution is 0.108. The summed E-state index contributed by atoms with van der Waals surface area (Å²) in [7, 11) is 0. The number of hydrogen-bond acceptors (Lipinski definition) is 1. The lowest BCUT2D eigenvalue weighted by Gasteiger charge is -1.93. The molecule has 1 nitrogen and oxygen atoms in total. The molecule has 0 spiro atoms. The molecule has 0 aliphatic rings. The summed E-state index contributed by atoms with van der Waals surface area (Å²) in [6, 6.07) is 15.4. The highest BCUT2D eigenvalue weighted by molar-refractivity contribution is 6.67. The van der Waals surface area contributed by atoms with E-state index in [-0.39, 0.29) is 0 Å². The highest BCUT2D eigenvalue weighted by Gasteiger charge is 1.97. The third kappa shape index (κ3) is 5.91. The average Bonchev–Trinajstić information content (AvgIpc) is 2.41. The number of alkyl halides is 1. The monoisotopic (exact) mass is 294 g/mol. The minimum absolute atomic E-state index is 0.403.